The van der Waals surface area contributed by atoms with Gasteiger partial charge < -0.3 is 19.9 Å². The summed E-state index contributed by atoms with van der Waals surface area (Å²) in [6.45, 7) is 6.36. The van der Waals surface area contributed by atoms with Gasteiger partial charge in [-0.2, -0.15) is 0 Å². The summed E-state index contributed by atoms with van der Waals surface area (Å²) in [7, 11) is 0. The lowest BCUT2D eigenvalue weighted by atomic mass is 10.1. The largest absolute Gasteiger partial charge is 0.470 e. The van der Waals surface area contributed by atoms with E-state index < -0.39 is 0 Å². The molecule has 1 N–H and O–H groups in total. The second-order valence-corrected chi connectivity index (χ2v) is 8.96. The Kier molecular flexibility index (Phi) is 6.93. The molecule has 0 bridgehead atoms. The van der Waals surface area contributed by atoms with Gasteiger partial charge in [0, 0.05) is 43.8 Å². The first kappa shape index (κ1) is 23.5. The smallest absolute Gasteiger partial charge is 0.322 e. The van der Waals surface area contributed by atoms with Crippen molar-refractivity contribution in [1.29, 1.82) is 0 Å². The van der Waals surface area contributed by atoms with Crippen LogP contribution in [-0.2, 0) is 13.0 Å². The highest BCUT2D eigenvalue weighted by Gasteiger charge is 2.30. The summed E-state index contributed by atoms with van der Waals surface area (Å²) in [5, 5.41) is 3.06. The number of piperazine rings is 1. The third-order valence-electron chi connectivity index (χ3n) is 6.42. The third kappa shape index (κ3) is 5.22. The Morgan fingerprint density at radius 2 is 1.78 bits per heavy atom. The topological polar surface area (TPSA) is 83.5 Å². The van der Waals surface area contributed by atoms with E-state index in [0.29, 0.717) is 37.9 Å². The van der Waals surface area contributed by atoms with Gasteiger partial charge in [-0.15, -0.1) is 0 Å². The van der Waals surface area contributed by atoms with E-state index in [1.54, 1.807) is 12.4 Å². The lowest BCUT2D eigenvalue weighted by molar-refractivity contribution is 0.184. The zero-order chi connectivity index (χ0) is 24.9. The zero-order valence-corrected chi connectivity index (χ0v) is 20.6. The van der Waals surface area contributed by atoms with Crippen molar-refractivity contribution in [2.45, 2.75) is 32.9 Å². The van der Waals surface area contributed by atoms with Crippen molar-refractivity contribution >= 4 is 28.6 Å². The van der Waals surface area contributed by atoms with Crippen LogP contribution in [0.1, 0.15) is 25.0 Å². The van der Waals surface area contributed by atoms with Crippen molar-refractivity contribution < 1.29 is 9.53 Å². The Hall–Kier alpha value is -4.20. The van der Waals surface area contributed by atoms with E-state index in [4.69, 9.17) is 14.7 Å². The zero-order valence-electron chi connectivity index (χ0n) is 20.6. The lowest BCUT2D eigenvalue weighted by Gasteiger charge is -2.40. The second-order valence-electron chi connectivity index (χ2n) is 8.96. The molecule has 3 heterocycles. The summed E-state index contributed by atoms with van der Waals surface area (Å²) < 4.78 is 6.16. The molecule has 4 aromatic rings. The van der Waals surface area contributed by atoms with E-state index in [9.17, 15) is 4.79 Å². The number of benzene rings is 2. The molecule has 5 rings (SSSR count). The summed E-state index contributed by atoms with van der Waals surface area (Å²) in [6.07, 6.45) is 4.42. The maximum absolute atomic E-state index is 13.1. The number of anilines is 2. The predicted octanol–water partition coefficient (Wildman–Crippen LogP) is 4.91. The number of nitrogens with zero attached hydrogens (tertiary/aromatic N) is 5. The van der Waals surface area contributed by atoms with E-state index >= 15 is 0 Å². The molecule has 36 heavy (non-hydrogen) atoms. The molecule has 184 valence electrons. The van der Waals surface area contributed by atoms with Crippen molar-refractivity contribution in [1.82, 2.24) is 19.9 Å². The first-order chi connectivity index (χ1) is 17.6. The molecule has 0 radical (unpaired) electrons. The third-order valence-corrected chi connectivity index (χ3v) is 6.42. The molecule has 0 saturated carbocycles. The van der Waals surface area contributed by atoms with E-state index in [1.807, 2.05) is 59.5 Å². The monoisotopic (exact) mass is 482 g/mol. The van der Waals surface area contributed by atoms with Gasteiger partial charge in [0.25, 0.3) is 5.88 Å². The molecule has 1 unspecified atom stereocenters. The van der Waals surface area contributed by atoms with E-state index in [2.05, 4.69) is 35.1 Å². The number of carbonyl (C=O) groups is 1. The van der Waals surface area contributed by atoms with Crippen LogP contribution in [0.5, 0.6) is 5.88 Å². The van der Waals surface area contributed by atoms with Crippen LogP contribution in [0.25, 0.3) is 11.0 Å². The number of urea groups is 1. The number of nitrogens with one attached hydrogen (secondary N) is 1. The summed E-state index contributed by atoms with van der Waals surface area (Å²) in [5.74, 6) is 1.19. The standard InChI is InChI=1S/C28H30N6O2/c1-3-21-7-6-8-23(17-21)30-28(35)34-16-15-33(18-20(34)2)26-27(36-19-22-11-13-29-14-12-22)32-25-10-5-4-9-24(25)31-26/h4-14,17,20H,3,15-16,18-19H2,1-2H3,(H,30,35). The number of pyridine rings is 1. The molecular weight excluding hydrogens is 452 g/mol. The van der Waals surface area contributed by atoms with Gasteiger partial charge in [-0.05, 0) is 60.9 Å². The van der Waals surface area contributed by atoms with Gasteiger partial charge in [-0.25, -0.2) is 14.8 Å². The Labute approximate surface area is 211 Å². The number of carbonyl (C=O) groups excluding carboxylic acids is 1. The summed E-state index contributed by atoms with van der Waals surface area (Å²) in [6, 6.07) is 19.5. The number of amides is 2. The number of hydrogen-bond acceptors (Lipinski definition) is 6. The summed E-state index contributed by atoms with van der Waals surface area (Å²) in [4.78, 5) is 30.9. The molecule has 8 heteroatoms. The molecule has 2 amide bonds. The second kappa shape index (κ2) is 10.6. The first-order valence-electron chi connectivity index (χ1n) is 12.3. The highest BCUT2D eigenvalue weighted by Crippen LogP contribution is 2.30. The van der Waals surface area contributed by atoms with Crippen molar-refractivity contribution in [3.63, 3.8) is 0 Å². The molecule has 2 aromatic carbocycles. The van der Waals surface area contributed by atoms with Gasteiger partial charge in [-0.3, -0.25) is 4.98 Å². The first-order valence-corrected chi connectivity index (χ1v) is 12.3. The number of para-hydroxylation sites is 2. The summed E-state index contributed by atoms with van der Waals surface area (Å²) >= 11 is 0. The van der Waals surface area contributed by atoms with Crippen LogP contribution in [0, 0.1) is 0 Å². The molecule has 2 aromatic heterocycles. The molecule has 1 fully saturated rings. The van der Waals surface area contributed by atoms with Crippen LogP contribution < -0.4 is 15.0 Å². The van der Waals surface area contributed by atoms with Crippen LogP contribution in [0.3, 0.4) is 0 Å². The van der Waals surface area contributed by atoms with Crippen LogP contribution in [-0.4, -0.2) is 51.6 Å². The van der Waals surface area contributed by atoms with Gasteiger partial charge in [0.1, 0.15) is 6.61 Å². The Morgan fingerprint density at radius 1 is 1.00 bits per heavy atom. The lowest BCUT2D eigenvalue weighted by Crippen LogP contribution is -2.55. The minimum absolute atomic E-state index is 0.0191. The Bertz CT molecular complexity index is 1350. The minimum atomic E-state index is -0.0887. The number of aryl methyl sites for hydroxylation is 1. The van der Waals surface area contributed by atoms with Crippen molar-refractivity contribution in [3.05, 3.63) is 84.2 Å². The summed E-state index contributed by atoms with van der Waals surface area (Å²) in [5.41, 5.74) is 4.62. The molecular formula is C28H30N6O2. The average Bonchev–Trinajstić information content (AvgIpc) is 2.92. The van der Waals surface area contributed by atoms with Gasteiger partial charge >= 0.3 is 6.03 Å². The fourth-order valence-electron chi connectivity index (χ4n) is 4.42. The molecule has 1 atom stereocenters. The molecule has 0 aliphatic carbocycles. The number of rotatable bonds is 6. The number of aromatic nitrogens is 3. The number of ether oxygens (including phenoxy) is 1. The van der Waals surface area contributed by atoms with Crippen LogP contribution in [0.4, 0.5) is 16.3 Å². The fraction of sp³-hybridized carbons (Fsp3) is 0.286. The van der Waals surface area contributed by atoms with E-state index in [0.717, 1.165) is 28.7 Å². The van der Waals surface area contributed by atoms with Crippen LogP contribution in [0.15, 0.2) is 73.1 Å². The Morgan fingerprint density at radius 3 is 2.53 bits per heavy atom. The predicted molar refractivity (Wildman–Crippen MR) is 141 cm³/mol. The van der Waals surface area contributed by atoms with E-state index in [1.165, 1.54) is 5.56 Å². The maximum atomic E-state index is 13.1. The van der Waals surface area contributed by atoms with Gasteiger partial charge in [-0.1, -0.05) is 31.2 Å². The number of hydrogen-bond donors (Lipinski definition) is 1. The van der Waals surface area contributed by atoms with Crippen molar-refractivity contribution in [3.8, 4) is 5.88 Å². The molecule has 1 saturated heterocycles. The normalized spacial score (nSPS) is 15.7. The number of fused-ring (bicyclic) bond motifs is 1. The van der Waals surface area contributed by atoms with Crippen molar-refractivity contribution in [2.24, 2.45) is 0 Å². The SMILES string of the molecule is CCc1cccc(NC(=O)N2CCN(c3nc4ccccc4nc3OCc3ccncc3)CC2C)c1. The molecule has 1 aliphatic heterocycles. The quantitative estimate of drug-likeness (QED) is 0.421. The average molecular weight is 483 g/mol. The molecule has 1 aliphatic rings. The molecule has 0 spiro atoms. The van der Waals surface area contributed by atoms with Crippen LogP contribution >= 0.6 is 0 Å². The highest BCUT2D eigenvalue weighted by molar-refractivity contribution is 5.90. The minimum Gasteiger partial charge on any atom is -0.470 e. The van der Waals surface area contributed by atoms with Crippen molar-refractivity contribution in [2.75, 3.05) is 29.9 Å². The van der Waals surface area contributed by atoms with Gasteiger partial charge in [0.05, 0.1) is 11.0 Å². The fourth-order valence-corrected chi connectivity index (χ4v) is 4.42. The highest BCUT2D eigenvalue weighted by atomic mass is 16.5. The van der Waals surface area contributed by atoms with Gasteiger partial charge in [0.15, 0.2) is 5.82 Å². The van der Waals surface area contributed by atoms with Crippen LogP contribution in [0.2, 0.25) is 0 Å². The van der Waals surface area contributed by atoms with E-state index in [-0.39, 0.29) is 12.1 Å². The maximum Gasteiger partial charge on any atom is 0.322 e. The Balaban J connectivity index is 1.33. The molecule has 8 nitrogen and oxygen atoms in total. The van der Waals surface area contributed by atoms with Gasteiger partial charge in [0.2, 0.25) is 0 Å².